The van der Waals surface area contributed by atoms with Crippen LogP contribution < -0.4 is 0 Å². The lowest BCUT2D eigenvalue weighted by Crippen LogP contribution is -2.42. The second-order valence-electron chi connectivity index (χ2n) is 7.13. The molecule has 0 saturated heterocycles. The van der Waals surface area contributed by atoms with Crippen molar-refractivity contribution in [3.8, 4) is 0 Å². The van der Waals surface area contributed by atoms with Gasteiger partial charge in [-0.25, -0.2) is 8.42 Å². The molecule has 0 saturated carbocycles. The largest absolute Gasteiger partial charge is 0.505 e. The minimum absolute atomic E-state index is 0.0145. The van der Waals surface area contributed by atoms with Crippen LogP contribution in [0.25, 0.3) is 5.76 Å². The van der Waals surface area contributed by atoms with Crippen molar-refractivity contribution < 1.29 is 28.0 Å². The predicted molar refractivity (Wildman–Crippen MR) is 118 cm³/mol. The molecule has 0 atom stereocenters. The zero-order valence-corrected chi connectivity index (χ0v) is 17.7. The molecule has 0 unspecified atom stereocenters. The molecule has 0 fully saturated rings. The summed E-state index contributed by atoms with van der Waals surface area (Å²) in [6.07, 6.45) is 0. The number of benzene rings is 3. The monoisotopic (exact) mass is 464 g/mol. The second-order valence-corrected chi connectivity index (χ2v) is 8.96. The number of hydrogen-bond donors (Lipinski definition) is 1. The number of hydrogen-bond acceptors (Lipinski definition) is 7. The maximum Gasteiger partial charge on any atom is 0.269 e. The molecule has 0 radical (unpaired) electrons. The molecule has 0 spiro atoms. The molecule has 0 bridgehead atoms. The Labute approximate surface area is 188 Å². The third-order valence-electron chi connectivity index (χ3n) is 5.12. The van der Waals surface area contributed by atoms with Crippen molar-refractivity contribution in [2.24, 2.45) is 0 Å². The zero-order chi connectivity index (χ0) is 23.8. The van der Waals surface area contributed by atoms with E-state index in [2.05, 4.69) is 0 Å². The molecule has 4 rings (SSSR count). The Bertz CT molecular complexity index is 1410. The number of ketones is 2. The second kappa shape index (κ2) is 8.32. The maximum absolute atomic E-state index is 13.4. The molecule has 0 aliphatic carbocycles. The van der Waals surface area contributed by atoms with Gasteiger partial charge in [-0.2, -0.15) is 0 Å². The standard InChI is InChI=1S/C23H16N2O7S/c26-19(15-10-12-17(13-11-15)25(29)30)14-24-21(22(27)16-6-2-1-3-7-16)23(28)18-8-4-5-9-20(18)33(24,31)32/h1-13,27H,14H2. The fourth-order valence-corrected chi connectivity index (χ4v) is 5.10. The number of nitro groups is 1. The van der Waals surface area contributed by atoms with Crippen molar-refractivity contribution in [1.29, 1.82) is 0 Å². The van der Waals surface area contributed by atoms with E-state index in [9.17, 15) is 33.2 Å². The summed E-state index contributed by atoms with van der Waals surface area (Å²) < 4.78 is 27.4. The van der Waals surface area contributed by atoms with Gasteiger partial charge in [0.1, 0.15) is 5.70 Å². The van der Waals surface area contributed by atoms with Crippen LogP contribution in [-0.2, 0) is 10.0 Å². The third kappa shape index (κ3) is 3.87. The molecule has 3 aromatic carbocycles. The molecule has 166 valence electrons. The Hall–Kier alpha value is -4.31. The van der Waals surface area contributed by atoms with Crippen molar-refractivity contribution in [2.45, 2.75) is 4.90 Å². The van der Waals surface area contributed by atoms with Gasteiger partial charge in [-0.15, -0.1) is 0 Å². The van der Waals surface area contributed by atoms with E-state index in [-0.39, 0.29) is 27.3 Å². The minimum atomic E-state index is -4.38. The quantitative estimate of drug-likeness (QED) is 0.200. The fourth-order valence-electron chi connectivity index (χ4n) is 3.47. The molecule has 1 aliphatic heterocycles. The number of nitro benzene ring substituents is 1. The Balaban J connectivity index is 1.85. The topological polar surface area (TPSA) is 135 Å². The van der Waals surface area contributed by atoms with E-state index in [1.807, 2.05) is 0 Å². The molecular weight excluding hydrogens is 448 g/mol. The summed E-state index contributed by atoms with van der Waals surface area (Å²) in [5.74, 6) is -2.05. The molecule has 9 nitrogen and oxygen atoms in total. The van der Waals surface area contributed by atoms with E-state index in [1.165, 1.54) is 48.5 Å². The van der Waals surface area contributed by atoms with Gasteiger partial charge in [0.05, 0.1) is 16.4 Å². The van der Waals surface area contributed by atoms with Gasteiger partial charge in [0.2, 0.25) is 5.78 Å². The summed E-state index contributed by atoms with van der Waals surface area (Å²) in [5.41, 5.74) is -0.684. The summed E-state index contributed by atoms with van der Waals surface area (Å²) in [7, 11) is -4.38. The van der Waals surface area contributed by atoms with E-state index in [4.69, 9.17) is 0 Å². The Morgan fingerprint density at radius 2 is 1.52 bits per heavy atom. The Morgan fingerprint density at radius 3 is 2.15 bits per heavy atom. The van der Waals surface area contributed by atoms with Crippen molar-refractivity contribution in [3.63, 3.8) is 0 Å². The summed E-state index contributed by atoms with van der Waals surface area (Å²) >= 11 is 0. The lowest BCUT2D eigenvalue weighted by molar-refractivity contribution is -0.384. The highest BCUT2D eigenvalue weighted by molar-refractivity contribution is 7.89. The summed E-state index contributed by atoms with van der Waals surface area (Å²) in [4.78, 5) is 36.1. The van der Waals surface area contributed by atoms with Gasteiger partial charge in [-0.1, -0.05) is 42.5 Å². The van der Waals surface area contributed by atoms with E-state index >= 15 is 0 Å². The Morgan fingerprint density at radius 1 is 0.909 bits per heavy atom. The molecule has 3 aromatic rings. The van der Waals surface area contributed by atoms with Crippen LogP contribution in [-0.4, -0.2) is 40.9 Å². The van der Waals surface area contributed by atoms with Crippen LogP contribution in [0.1, 0.15) is 26.3 Å². The fraction of sp³-hybridized carbons (Fsp3) is 0.0435. The smallest absolute Gasteiger partial charge is 0.269 e. The molecule has 1 N–H and O–H groups in total. The van der Waals surface area contributed by atoms with Gasteiger partial charge in [0.25, 0.3) is 15.7 Å². The normalized spacial score (nSPS) is 16.1. The van der Waals surface area contributed by atoms with Crippen LogP contribution in [0, 0.1) is 10.1 Å². The van der Waals surface area contributed by atoms with E-state index < -0.39 is 44.5 Å². The highest BCUT2D eigenvalue weighted by Crippen LogP contribution is 2.35. The maximum atomic E-state index is 13.4. The van der Waals surface area contributed by atoms with Crippen LogP contribution in [0.2, 0.25) is 0 Å². The number of carbonyl (C=O) groups is 2. The average molecular weight is 464 g/mol. The highest BCUT2D eigenvalue weighted by atomic mass is 32.2. The lowest BCUT2D eigenvalue weighted by atomic mass is 10.0. The van der Waals surface area contributed by atoms with Gasteiger partial charge in [-0.3, -0.25) is 24.0 Å². The molecular formula is C23H16N2O7S. The number of non-ortho nitro benzene ring substituents is 1. The number of sulfonamides is 1. The molecule has 1 aliphatic rings. The van der Waals surface area contributed by atoms with Gasteiger partial charge < -0.3 is 5.11 Å². The van der Waals surface area contributed by atoms with Crippen LogP contribution >= 0.6 is 0 Å². The first-order valence-corrected chi connectivity index (χ1v) is 11.1. The number of Topliss-reactive ketones (excluding diaryl/α,β-unsaturated/α-hetero) is 2. The summed E-state index contributed by atoms with van der Waals surface area (Å²) in [6, 6.07) is 18.1. The summed E-state index contributed by atoms with van der Waals surface area (Å²) in [6.45, 7) is -0.785. The minimum Gasteiger partial charge on any atom is -0.505 e. The molecule has 0 amide bonds. The number of carbonyl (C=O) groups excluding carboxylic acids is 2. The van der Waals surface area contributed by atoms with Crippen LogP contribution in [0.15, 0.2) is 89.5 Å². The molecule has 1 heterocycles. The van der Waals surface area contributed by atoms with E-state index in [0.29, 0.717) is 4.31 Å². The number of aliphatic hydroxyl groups is 1. The number of rotatable bonds is 5. The van der Waals surface area contributed by atoms with Gasteiger partial charge >= 0.3 is 0 Å². The number of fused-ring (bicyclic) bond motifs is 1. The lowest BCUT2D eigenvalue weighted by Gasteiger charge is -2.31. The van der Waals surface area contributed by atoms with Crippen molar-refractivity contribution in [1.82, 2.24) is 4.31 Å². The van der Waals surface area contributed by atoms with Crippen molar-refractivity contribution in [3.05, 3.63) is 111 Å². The molecule has 0 aromatic heterocycles. The first-order chi connectivity index (χ1) is 15.7. The number of aliphatic hydroxyl groups excluding tert-OH is 1. The third-order valence-corrected chi connectivity index (χ3v) is 6.93. The van der Waals surface area contributed by atoms with Crippen molar-refractivity contribution >= 4 is 33.0 Å². The number of allylic oxidation sites excluding steroid dienone is 1. The molecule has 10 heteroatoms. The SMILES string of the molecule is O=C(CN1C(=C(O)c2ccccc2)C(=O)c2ccccc2S1(=O)=O)c1ccc([N+](=O)[O-])cc1. The van der Waals surface area contributed by atoms with Gasteiger partial charge in [-0.05, 0) is 24.3 Å². The average Bonchev–Trinajstić information content (AvgIpc) is 2.83. The highest BCUT2D eigenvalue weighted by Gasteiger charge is 2.42. The Kier molecular flexibility index (Phi) is 5.52. The predicted octanol–water partition coefficient (Wildman–Crippen LogP) is 3.59. The van der Waals surface area contributed by atoms with Gasteiger partial charge in [0, 0.05) is 28.8 Å². The zero-order valence-electron chi connectivity index (χ0n) is 16.9. The van der Waals surface area contributed by atoms with Crippen LogP contribution in [0.3, 0.4) is 0 Å². The van der Waals surface area contributed by atoms with Crippen LogP contribution in [0.5, 0.6) is 0 Å². The first kappa shape index (κ1) is 21.9. The van der Waals surface area contributed by atoms with E-state index in [0.717, 1.165) is 12.1 Å². The molecule has 33 heavy (non-hydrogen) atoms. The summed E-state index contributed by atoms with van der Waals surface area (Å²) in [5, 5.41) is 21.7. The van der Waals surface area contributed by atoms with Crippen molar-refractivity contribution in [2.75, 3.05) is 6.54 Å². The first-order valence-electron chi connectivity index (χ1n) is 9.64. The number of nitrogens with zero attached hydrogens (tertiary/aromatic N) is 2. The van der Waals surface area contributed by atoms with Gasteiger partial charge in [0.15, 0.2) is 11.5 Å². The van der Waals surface area contributed by atoms with Crippen LogP contribution in [0.4, 0.5) is 5.69 Å². The van der Waals surface area contributed by atoms with E-state index in [1.54, 1.807) is 18.2 Å².